The Morgan fingerprint density at radius 3 is 2.56 bits per heavy atom. The topological polar surface area (TPSA) is 20.2 Å². The molecule has 18 heavy (non-hydrogen) atoms. The van der Waals surface area contributed by atoms with E-state index in [1.807, 2.05) is 19.1 Å². The van der Waals surface area contributed by atoms with Crippen molar-refractivity contribution in [2.45, 2.75) is 13.0 Å². The van der Waals surface area contributed by atoms with Gasteiger partial charge < -0.3 is 5.11 Å². The van der Waals surface area contributed by atoms with Gasteiger partial charge in [0.2, 0.25) is 0 Å². The van der Waals surface area contributed by atoms with Crippen LogP contribution in [0.1, 0.15) is 22.8 Å². The highest BCUT2D eigenvalue weighted by atomic mass is 79.9. The lowest BCUT2D eigenvalue weighted by Crippen LogP contribution is -2.02. The fourth-order valence-corrected chi connectivity index (χ4v) is 2.68. The molecule has 0 saturated heterocycles. The standard InChI is InChI=1S/C14H11BrClFO/c1-8-2-4-10(12(15)6-8)14(18)11-7-9(17)3-5-13(11)16/h2-7,14,18H,1H3. The molecule has 1 N–H and O–H groups in total. The van der Waals surface area contributed by atoms with Gasteiger partial charge in [0.25, 0.3) is 0 Å². The molecule has 0 aromatic heterocycles. The second-order valence-electron chi connectivity index (χ2n) is 4.09. The second kappa shape index (κ2) is 5.39. The van der Waals surface area contributed by atoms with Gasteiger partial charge in [-0.3, -0.25) is 0 Å². The van der Waals surface area contributed by atoms with Crippen molar-refractivity contribution in [1.29, 1.82) is 0 Å². The SMILES string of the molecule is Cc1ccc(C(O)c2cc(F)ccc2Cl)c(Br)c1. The molecule has 0 fully saturated rings. The molecular formula is C14H11BrClFO. The van der Waals surface area contributed by atoms with Gasteiger partial charge in [-0.15, -0.1) is 0 Å². The lowest BCUT2D eigenvalue weighted by atomic mass is 10.0. The lowest BCUT2D eigenvalue weighted by molar-refractivity contribution is 0.219. The normalized spacial score (nSPS) is 12.5. The van der Waals surface area contributed by atoms with Crippen LogP contribution < -0.4 is 0 Å². The van der Waals surface area contributed by atoms with E-state index in [1.54, 1.807) is 6.07 Å². The van der Waals surface area contributed by atoms with E-state index in [1.165, 1.54) is 18.2 Å². The minimum absolute atomic E-state index is 0.344. The van der Waals surface area contributed by atoms with Crippen LogP contribution >= 0.6 is 27.5 Å². The summed E-state index contributed by atoms with van der Waals surface area (Å²) < 4.78 is 14.0. The van der Waals surface area contributed by atoms with E-state index in [4.69, 9.17) is 11.6 Å². The predicted molar refractivity (Wildman–Crippen MR) is 74.4 cm³/mol. The first-order valence-electron chi connectivity index (χ1n) is 5.38. The Labute approximate surface area is 118 Å². The summed E-state index contributed by atoms with van der Waals surface area (Å²) in [5.41, 5.74) is 2.09. The minimum atomic E-state index is -0.955. The van der Waals surface area contributed by atoms with Crippen LogP contribution in [0.25, 0.3) is 0 Å². The van der Waals surface area contributed by atoms with Crippen LogP contribution in [0.2, 0.25) is 5.02 Å². The van der Waals surface area contributed by atoms with Gasteiger partial charge in [0, 0.05) is 15.1 Å². The summed E-state index contributed by atoms with van der Waals surface area (Å²) >= 11 is 9.37. The third-order valence-electron chi connectivity index (χ3n) is 2.70. The average Bonchev–Trinajstić information content (AvgIpc) is 2.31. The number of hydrogen-bond acceptors (Lipinski definition) is 1. The van der Waals surface area contributed by atoms with Crippen molar-refractivity contribution in [3.05, 3.63) is 68.4 Å². The van der Waals surface area contributed by atoms with Crippen LogP contribution in [0.3, 0.4) is 0 Å². The van der Waals surface area contributed by atoms with E-state index in [9.17, 15) is 9.50 Å². The summed E-state index contributed by atoms with van der Waals surface area (Å²) in [6, 6.07) is 9.53. The molecule has 0 amide bonds. The molecule has 1 nitrogen and oxygen atoms in total. The number of aryl methyl sites for hydroxylation is 1. The summed E-state index contributed by atoms with van der Waals surface area (Å²) in [6.45, 7) is 1.95. The summed E-state index contributed by atoms with van der Waals surface area (Å²) in [5, 5.41) is 10.6. The Balaban J connectivity index is 2.47. The van der Waals surface area contributed by atoms with E-state index in [-0.39, 0.29) is 0 Å². The number of halogens is 3. The monoisotopic (exact) mass is 328 g/mol. The largest absolute Gasteiger partial charge is 0.384 e. The Morgan fingerprint density at radius 2 is 1.89 bits per heavy atom. The maximum absolute atomic E-state index is 13.2. The number of hydrogen-bond donors (Lipinski definition) is 1. The third kappa shape index (κ3) is 2.74. The quantitative estimate of drug-likeness (QED) is 0.851. The first kappa shape index (κ1) is 13.5. The molecule has 2 aromatic carbocycles. The van der Waals surface area contributed by atoms with Crippen molar-refractivity contribution >= 4 is 27.5 Å². The van der Waals surface area contributed by atoms with Crippen LogP contribution in [0.15, 0.2) is 40.9 Å². The Morgan fingerprint density at radius 1 is 1.17 bits per heavy atom. The van der Waals surface area contributed by atoms with Gasteiger partial charge in [-0.2, -0.15) is 0 Å². The molecule has 0 spiro atoms. The molecule has 2 rings (SSSR count). The lowest BCUT2D eigenvalue weighted by Gasteiger charge is -2.15. The molecule has 1 unspecified atom stereocenters. The average molecular weight is 330 g/mol. The first-order chi connectivity index (χ1) is 8.49. The Bertz CT molecular complexity index is 586. The molecule has 94 valence electrons. The fourth-order valence-electron chi connectivity index (χ4n) is 1.75. The number of aliphatic hydroxyl groups is 1. The maximum atomic E-state index is 13.2. The van der Waals surface area contributed by atoms with Gasteiger partial charge in [-0.1, -0.05) is 39.7 Å². The summed E-state index contributed by atoms with van der Waals surface area (Å²) in [4.78, 5) is 0. The van der Waals surface area contributed by atoms with Crippen molar-refractivity contribution in [2.24, 2.45) is 0 Å². The van der Waals surface area contributed by atoms with E-state index >= 15 is 0 Å². The Hall–Kier alpha value is -0.900. The van der Waals surface area contributed by atoms with Gasteiger partial charge in [-0.25, -0.2) is 4.39 Å². The zero-order chi connectivity index (χ0) is 13.3. The summed E-state index contributed by atoms with van der Waals surface area (Å²) in [6.07, 6.45) is -0.955. The maximum Gasteiger partial charge on any atom is 0.123 e. The van der Waals surface area contributed by atoms with E-state index in [0.29, 0.717) is 16.1 Å². The zero-order valence-electron chi connectivity index (χ0n) is 9.62. The van der Waals surface area contributed by atoms with Gasteiger partial charge in [-0.05, 0) is 42.3 Å². The van der Waals surface area contributed by atoms with Crippen molar-refractivity contribution in [3.63, 3.8) is 0 Å². The van der Waals surface area contributed by atoms with Crippen LogP contribution in [0.5, 0.6) is 0 Å². The highest BCUT2D eigenvalue weighted by Gasteiger charge is 2.17. The number of rotatable bonds is 2. The highest BCUT2D eigenvalue weighted by molar-refractivity contribution is 9.10. The number of benzene rings is 2. The van der Waals surface area contributed by atoms with E-state index in [2.05, 4.69) is 15.9 Å². The zero-order valence-corrected chi connectivity index (χ0v) is 12.0. The molecule has 2 aromatic rings. The second-order valence-corrected chi connectivity index (χ2v) is 5.35. The van der Waals surface area contributed by atoms with E-state index in [0.717, 1.165) is 10.0 Å². The smallest absolute Gasteiger partial charge is 0.123 e. The Kier molecular flexibility index (Phi) is 4.05. The number of aliphatic hydroxyl groups excluding tert-OH is 1. The molecule has 1 atom stereocenters. The molecule has 4 heteroatoms. The molecule has 0 aliphatic rings. The van der Waals surface area contributed by atoms with Crippen molar-refractivity contribution < 1.29 is 9.50 Å². The van der Waals surface area contributed by atoms with Gasteiger partial charge >= 0.3 is 0 Å². The van der Waals surface area contributed by atoms with Gasteiger partial charge in [0.05, 0.1) is 0 Å². The fraction of sp³-hybridized carbons (Fsp3) is 0.143. The van der Waals surface area contributed by atoms with Crippen molar-refractivity contribution in [2.75, 3.05) is 0 Å². The van der Waals surface area contributed by atoms with E-state index < -0.39 is 11.9 Å². The molecule has 0 radical (unpaired) electrons. The molecular weight excluding hydrogens is 319 g/mol. The molecule has 0 heterocycles. The summed E-state index contributed by atoms with van der Waals surface area (Å²) in [7, 11) is 0. The predicted octanol–water partition coefficient (Wildman–Crippen LogP) is 4.63. The molecule has 0 saturated carbocycles. The van der Waals surface area contributed by atoms with Crippen LogP contribution in [-0.2, 0) is 0 Å². The summed E-state index contributed by atoms with van der Waals surface area (Å²) in [5.74, 6) is -0.420. The minimum Gasteiger partial charge on any atom is -0.384 e. The van der Waals surface area contributed by atoms with Crippen molar-refractivity contribution in [3.8, 4) is 0 Å². The molecule has 0 aliphatic carbocycles. The molecule has 0 aliphatic heterocycles. The van der Waals surface area contributed by atoms with Crippen molar-refractivity contribution in [1.82, 2.24) is 0 Å². The molecule has 0 bridgehead atoms. The first-order valence-corrected chi connectivity index (χ1v) is 6.55. The van der Waals surface area contributed by atoms with Gasteiger partial charge in [0.15, 0.2) is 0 Å². The third-order valence-corrected chi connectivity index (χ3v) is 3.73. The van der Waals surface area contributed by atoms with Crippen LogP contribution in [0, 0.1) is 12.7 Å². The van der Waals surface area contributed by atoms with Gasteiger partial charge in [0.1, 0.15) is 11.9 Å². The van der Waals surface area contributed by atoms with Crippen LogP contribution in [0.4, 0.5) is 4.39 Å². The highest BCUT2D eigenvalue weighted by Crippen LogP contribution is 2.33. The van der Waals surface area contributed by atoms with Crippen LogP contribution in [-0.4, -0.2) is 5.11 Å².